The number of hydrogen-bond donors (Lipinski definition) is 0. The van der Waals surface area contributed by atoms with E-state index in [1.807, 2.05) is 6.92 Å². The first kappa shape index (κ1) is 10.0. The lowest BCUT2D eigenvalue weighted by Crippen LogP contribution is -2.43. The van der Waals surface area contributed by atoms with E-state index in [0.29, 0.717) is 11.7 Å². The van der Waals surface area contributed by atoms with E-state index in [1.165, 1.54) is 0 Å². The molecule has 0 N–H and O–H groups in total. The molecule has 4 rings (SSSR count). The molecule has 4 heteroatoms. The predicted octanol–water partition coefficient (Wildman–Crippen LogP) is 2.39. The molecule has 3 saturated heterocycles. The molecule has 0 unspecified atom stereocenters. The Kier molecular flexibility index (Phi) is 2.32. The number of piperidine rings is 3. The minimum Gasteiger partial charge on any atom is -0.354 e. The first-order valence-electron chi connectivity index (χ1n) is 5.78. The second kappa shape index (κ2) is 3.70. The summed E-state index contributed by atoms with van der Waals surface area (Å²) in [6, 6.07) is 1.67. The number of aryl methyl sites for hydroxylation is 1. The highest BCUT2D eigenvalue weighted by Gasteiger charge is 2.32. The summed E-state index contributed by atoms with van der Waals surface area (Å²) in [6.07, 6.45) is 2.16. The molecular weight excluding hydrogens is 207 g/mol. The van der Waals surface area contributed by atoms with Gasteiger partial charge in [0.25, 0.3) is 0 Å². The van der Waals surface area contributed by atoms with Crippen LogP contribution in [0.3, 0.4) is 0 Å². The first-order chi connectivity index (χ1) is 7.74. The molecular formula is C12H15FN2O. The Morgan fingerprint density at radius 2 is 2.25 bits per heavy atom. The summed E-state index contributed by atoms with van der Waals surface area (Å²) in [5.74, 6) is 0.520. The smallest absolute Gasteiger partial charge is 0.195 e. The molecule has 3 aliphatic rings. The van der Waals surface area contributed by atoms with Crippen molar-refractivity contribution in [3.8, 4) is 0 Å². The molecule has 0 atom stereocenters. The zero-order valence-corrected chi connectivity index (χ0v) is 9.37. The normalized spacial score (nSPS) is 31.9. The van der Waals surface area contributed by atoms with Gasteiger partial charge in [0.2, 0.25) is 0 Å². The van der Waals surface area contributed by atoms with Crippen LogP contribution in [0.5, 0.6) is 0 Å². The van der Waals surface area contributed by atoms with Gasteiger partial charge in [-0.05, 0) is 44.3 Å². The van der Waals surface area contributed by atoms with Crippen molar-refractivity contribution >= 4 is 5.83 Å². The number of rotatable bonds is 1. The van der Waals surface area contributed by atoms with Crippen molar-refractivity contribution in [3.05, 3.63) is 23.1 Å². The average molecular weight is 222 g/mol. The van der Waals surface area contributed by atoms with Crippen LogP contribution in [0.15, 0.2) is 16.2 Å². The van der Waals surface area contributed by atoms with E-state index in [1.54, 1.807) is 6.07 Å². The Morgan fingerprint density at radius 3 is 2.75 bits per heavy atom. The molecule has 0 aromatic carbocycles. The summed E-state index contributed by atoms with van der Waals surface area (Å²) in [4.78, 5) is 2.30. The van der Waals surface area contributed by atoms with E-state index in [9.17, 15) is 4.39 Å². The fourth-order valence-corrected chi connectivity index (χ4v) is 2.68. The fourth-order valence-electron chi connectivity index (χ4n) is 2.68. The van der Waals surface area contributed by atoms with E-state index < -0.39 is 0 Å². The minimum absolute atomic E-state index is 0.185. The Balaban J connectivity index is 1.95. The molecule has 2 bridgehead atoms. The lowest BCUT2D eigenvalue weighted by molar-refractivity contribution is 0.160. The molecule has 0 saturated carbocycles. The number of hydrogen-bond acceptors (Lipinski definition) is 3. The number of nitrogens with zero attached hydrogens (tertiary/aromatic N) is 2. The molecule has 1 aromatic rings. The van der Waals surface area contributed by atoms with Crippen molar-refractivity contribution in [2.75, 3.05) is 19.6 Å². The topological polar surface area (TPSA) is 29.3 Å². The van der Waals surface area contributed by atoms with Crippen molar-refractivity contribution in [2.45, 2.75) is 19.8 Å². The Labute approximate surface area is 93.9 Å². The molecule has 4 heterocycles. The summed E-state index contributed by atoms with van der Waals surface area (Å²) >= 11 is 0. The van der Waals surface area contributed by atoms with Crippen LogP contribution < -0.4 is 0 Å². The lowest BCUT2D eigenvalue weighted by Gasteiger charge is -2.40. The van der Waals surface area contributed by atoms with Gasteiger partial charge in [0.1, 0.15) is 0 Å². The average Bonchev–Trinajstić information content (AvgIpc) is 2.76. The van der Waals surface area contributed by atoms with E-state index >= 15 is 0 Å². The highest BCUT2D eigenvalue weighted by molar-refractivity contribution is 5.59. The third kappa shape index (κ3) is 1.57. The van der Waals surface area contributed by atoms with Gasteiger partial charge >= 0.3 is 0 Å². The zero-order chi connectivity index (χ0) is 11.1. The van der Waals surface area contributed by atoms with E-state index in [0.717, 1.165) is 43.7 Å². The molecule has 16 heavy (non-hydrogen) atoms. The molecule has 3 nitrogen and oxygen atoms in total. The van der Waals surface area contributed by atoms with Crippen LogP contribution in [-0.4, -0.2) is 29.7 Å². The first-order valence-corrected chi connectivity index (χ1v) is 5.78. The maximum Gasteiger partial charge on any atom is 0.195 e. The highest BCUT2D eigenvalue weighted by Crippen LogP contribution is 2.37. The summed E-state index contributed by atoms with van der Waals surface area (Å²) in [6.45, 7) is 4.78. The number of fused-ring (bicyclic) bond motifs is 3. The number of halogens is 1. The van der Waals surface area contributed by atoms with Gasteiger partial charge in [-0.1, -0.05) is 5.16 Å². The molecule has 1 aromatic heterocycles. The molecule has 86 valence electrons. The Bertz CT molecular complexity index is 430. The quantitative estimate of drug-likeness (QED) is 0.730. The van der Waals surface area contributed by atoms with Crippen LogP contribution in [0.1, 0.15) is 24.3 Å². The van der Waals surface area contributed by atoms with Crippen LogP contribution >= 0.6 is 0 Å². The monoisotopic (exact) mass is 222 g/mol. The van der Waals surface area contributed by atoms with Crippen LogP contribution in [-0.2, 0) is 0 Å². The van der Waals surface area contributed by atoms with Crippen LogP contribution in [0, 0.1) is 12.8 Å². The van der Waals surface area contributed by atoms with Gasteiger partial charge in [0, 0.05) is 12.6 Å². The standard InChI is InChI=1S/C12H15FN2O/c1-8-6-11(16-14-8)12(13)10-7-15-4-2-9(10)3-5-15/h6,9H,2-5,7H2,1H3/b12-10-. The van der Waals surface area contributed by atoms with Crippen LogP contribution in [0.4, 0.5) is 4.39 Å². The van der Waals surface area contributed by atoms with Crippen molar-refractivity contribution in [2.24, 2.45) is 5.92 Å². The molecule has 3 fully saturated rings. The van der Waals surface area contributed by atoms with Crippen molar-refractivity contribution in [1.82, 2.24) is 10.1 Å². The SMILES string of the molecule is Cc1cc(/C(F)=C2\CN3CCC2CC3)on1. The van der Waals surface area contributed by atoms with Crippen LogP contribution in [0.25, 0.3) is 5.83 Å². The van der Waals surface area contributed by atoms with Gasteiger partial charge in [-0.25, -0.2) is 4.39 Å². The third-order valence-electron chi connectivity index (χ3n) is 3.60. The maximum atomic E-state index is 14.2. The lowest BCUT2D eigenvalue weighted by atomic mass is 9.83. The molecule has 0 aliphatic carbocycles. The second-order valence-corrected chi connectivity index (χ2v) is 4.72. The summed E-state index contributed by atoms with van der Waals surface area (Å²) in [7, 11) is 0. The maximum absolute atomic E-state index is 14.2. The highest BCUT2D eigenvalue weighted by atomic mass is 19.1. The van der Waals surface area contributed by atoms with Crippen molar-refractivity contribution in [1.29, 1.82) is 0 Å². The predicted molar refractivity (Wildman–Crippen MR) is 58.4 cm³/mol. The van der Waals surface area contributed by atoms with Gasteiger partial charge in [-0.15, -0.1) is 0 Å². The van der Waals surface area contributed by atoms with Gasteiger partial charge in [0.15, 0.2) is 11.6 Å². The summed E-state index contributed by atoms with van der Waals surface area (Å²) < 4.78 is 19.2. The molecule has 0 radical (unpaired) electrons. The second-order valence-electron chi connectivity index (χ2n) is 4.72. The summed E-state index contributed by atoms with van der Waals surface area (Å²) in [5, 5.41) is 3.73. The third-order valence-corrected chi connectivity index (χ3v) is 3.60. The van der Waals surface area contributed by atoms with Gasteiger partial charge < -0.3 is 4.52 Å². The van der Waals surface area contributed by atoms with E-state index in [2.05, 4.69) is 10.1 Å². The Hall–Kier alpha value is -1.16. The van der Waals surface area contributed by atoms with Gasteiger partial charge in [-0.3, -0.25) is 4.90 Å². The van der Waals surface area contributed by atoms with Crippen molar-refractivity contribution in [3.63, 3.8) is 0 Å². The summed E-state index contributed by atoms with van der Waals surface area (Å²) in [5.41, 5.74) is 1.64. The molecule has 0 amide bonds. The van der Waals surface area contributed by atoms with Crippen molar-refractivity contribution < 1.29 is 8.91 Å². The van der Waals surface area contributed by atoms with Crippen LogP contribution in [0.2, 0.25) is 0 Å². The van der Waals surface area contributed by atoms with Gasteiger partial charge in [0.05, 0.1) is 5.69 Å². The number of aromatic nitrogens is 1. The molecule has 3 aliphatic heterocycles. The zero-order valence-electron chi connectivity index (χ0n) is 9.37. The van der Waals surface area contributed by atoms with Gasteiger partial charge in [-0.2, -0.15) is 0 Å². The fraction of sp³-hybridized carbons (Fsp3) is 0.583. The molecule has 0 spiro atoms. The minimum atomic E-state index is -0.185. The Morgan fingerprint density at radius 1 is 1.50 bits per heavy atom. The van der Waals surface area contributed by atoms with E-state index in [-0.39, 0.29) is 5.83 Å². The largest absolute Gasteiger partial charge is 0.354 e. The van der Waals surface area contributed by atoms with E-state index in [4.69, 9.17) is 4.52 Å².